The Morgan fingerprint density at radius 2 is 2.18 bits per heavy atom. The molecule has 0 spiro atoms. The Balaban J connectivity index is 1.76. The van der Waals surface area contributed by atoms with Crippen LogP contribution in [0.1, 0.15) is 17.9 Å². The second kappa shape index (κ2) is 5.19. The smallest absolute Gasteiger partial charge is 0.404 e. The third kappa shape index (κ3) is 3.20. The fraction of sp³-hybridized carbons (Fsp3) is 0.462. The van der Waals surface area contributed by atoms with Crippen LogP contribution in [0.4, 0.5) is 4.79 Å². The van der Waals surface area contributed by atoms with Crippen molar-refractivity contribution in [2.75, 3.05) is 20.2 Å². The number of hydrogen-bond donors (Lipinski definition) is 1. The average molecular weight is 234 g/mol. The van der Waals surface area contributed by atoms with Crippen molar-refractivity contribution in [1.29, 1.82) is 0 Å². The van der Waals surface area contributed by atoms with Crippen molar-refractivity contribution in [2.45, 2.75) is 18.4 Å². The van der Waals surface area contributed by atoms with Gasteiger partial charge in [0.2, 0.25) is 0 Å². The van der Waals surface area contributed by atoms with E-state index in [0.717, 1.165) is 6.54 Å². The lowest BCUT2D eigenvalue weighted by Crippen LogP contribution is -2.28. The van der Waals surface area contributed by atoms with Gasteiger partial charge >= 0.3 is 6.09 Å². The normalized spacial score (nSPS) is 22.5. The molecule has 1 saturated carbocycles. The maximum Gasteiger partial charge on any atom is 0.404 e. The summed E-state index contributed by atoms with van der Waals surface area (Å²) in [6, 6.07) is 11.1. The minimum absolute atomic E-state index is 0.365. The number of likely N-dealkylation sites (N-methyl/N-ethyl adjacent to an activating group) is 1. The van der Waals surface area contributed by atoms with Gasteiger partial charge < -0.3 is 10.5 Å². The molecule has 1 aromatic rings. The fourth-order valence-corrected chi connectivity index (χ4v) is 2.18. The van der Waals surface area contributed by atoms with Gasteiger partial charge in [-0.05, 0) is 19.0 Å². The maximum atomic E-state index is 10.4. The number of rotatable bonds is 5. The fourth-order valence-electron chi connectivity index (χ4n) is 2.18. The van der Waals surface area contributed by atoms with E-state index in [9.17, 15) is 4.79 Å². The second-order valence-corrected chi connectivity index (χ2v) is 4.47. The van der Waals surface area contributed by atoms with Crippen LogP contribution in [0.25, 0.3) is 0 Å². The largest absolute Gasteiger partial charge is 0.448 e. The number of carbonyl (C=O) groups is 1. The number of primary amides is 1. The number of benzene rings is 1. The number of ether oxygens (including phenoxy) is 1. The van der Waals surface area contributed by atoms with E-state index < -0.39 is 6.09 Å². The van der Waals surface area contributed by atoms with Gasteiger partial charge in [-0.15, -0.1) is 0 Å². The Morgan fingerprint density at radius 3 is 2.82 bits per heavy atom. The van der Waals surface area contributed by atoms with E-state index in [2.05, 4.69) is 36.2 Å². The molecule has 2 N–H and O–H groups in total. The van der Waals surface area contributed by atoms with Gasteiger partial charge in [0.15, 0.2) is 0 Å². The lowest BCUT2D eigenvalue weighted by molar-refractivity contribution is 0.140. The van der Waals surface area contributed by atoms with Gasteiger partial charge in [0.25, 0.3) is 0 Å². The predicted molar refractivity (Wildman–Crippen MR) is 65.8 cm³/mol. The number of nitrogens with two attached hydrogens (primary N) is 1. The van der Waals surface area contributed by atoms with Crippen molar-refractivity contribution in [3.63, 3.8) is 0 Å². The van der Waals surface area contributed by atoms with Crippen LogP contribution in [-0.4, -0.2) is 37.2 Å². The topological polar surface area (TPSA) is 55.6 Å². The zero-order valence-corrected chi connectivity index (χ0v) is 10.0. The summed E-state index contributed by atoms with van der Waals surface area (Å²) in [4.78, 5) is 12.7. The quantitative estimate of drug-likeness (QED) is 0.841. The Kier molecular flexibility index (Phi) is 3.64. The standard InChI is InChI=1S/C13H18N2O2/c1-15(7-8-17-13(14)16)12-9-11(12)10-5-3-2-4-6-10/h2-6,11-12H,7-9H2,1H3,(H2,14,16). The molecule has 92 valence electrons. The van der Waals surface area contributed by atoms with E-state index in [0.29, 0.717) is 18.6 Å². The summed E-state index contributed by atoms with van der Waals surface area (Å²) in [5.41, 5.74) is 6.30. The highest BCUT2D eigenvalue weighted by Crippen LogP contribution is 2.43. The molecule has 1 aliphatic rings. The lowest BCUT2D eigenvalue weighted by Gasteiger charge is -2.16. The van der Waals surface area contributed by atoms with Gasteiger partial charge in [0.1, 0.15) is 6.61 Å². The summed E-state index contributed by atoms with van der Waals surface area (Å²) >= 11 is 0. The van der Waals surface area contributed by atoms with Crippen molar-refractivity contribution in [1.82, 2.24) is 4.90 Å². The van der Waals surface area contributed by atoms with Crippen LogP contribution < -0.4 is 5.73 Å². The molecule has 17 heavy (non-hydrogen) atoms. The van der Waals surface area contributed by atoms with Crippen molar-refractivity contribution in [2.24, 2.45) is 5.73 Å². The molecule has 0 bridgehead atoms. The van der Waals surface area contributed by atoms with Crippen LogP contribution in [0.15, 0.2) is 30.3 Å². The van der Waals surface area contributed by atoms with E-state index in [1.165, 1.54) is 12.0 Å². The van der Waals surface area contributed by atoms with E-state index in [1.807, 2.05) is 6.07 Å². The number of nitrogens with zero attached hydrogens (tertiary/aromatic N) is 1. The molecule has 1 amide bonds. The predicted octanol–water partition coefficient (Wildman–Crippen LogP) is 1.57. The molecule has 4 heteroatoms. The molecule has 2 atom stereocenters. The molecule has 0 radical (unpaired) electrons. The summed E-state index contributed by atoms with van der Waals surface area (Å²) in [6.07, 6.45) is 0.477. The molecule has 1 aromatic carbocycles. The van der Waals surface area contributed by atoms with Crippen LogP contribution >= 0.6 is 0 Å². The first-order valence-electron chi connectivity index (χ1n) is 5.86. The van der Waals surface area contributed by atoms with E-state index in [4.69, 9.17) is 10.5 Å². The second-order valence-electron chi connectivity index (χ2n) is 4.47. The summed E-state index contributed by atoms with van der Waals surface area (Å²) < 4.78 is 4.73. The van der Waals surface area contributed by atoms with Crippen molar-refractivity contribution in [3.05, 3.63) is 35.9 Å². The summed E-state index contributed by atoms with van der Waals surface area (Å²) in [5, 5.41) is 0. The first-order chi connectivity index (χ1) is 8.18. The molecule has 2 unspecified atom stereocenters. The van der Waals surface area contributed by atoms with Crippen LogP contribution in [0.2, 0.25) is 0 Å². The summed E-state index contributed by atoms with van der Waals surface area (Å²) in [7, 11) is 2.05. The number of hydrogen-bond acceptors (Lipinski definition) is 3. The zero-order chi connectivity index (χ0) is 12.3. The highest BCUT2D eigenvalue weighted by Gasteiger charge is 2.40. The highest BCUT2D eigenvalue weighted by atomic mass is 16.5. The molecule has 2 rings (SSSR count). The molecule has 0 aromatic heterocycles. The molecule has 4 nitrogen and oxygen atoms in total. The SMILES string of the molecule is CN(CCOC(N)=O)C1CC1c1ccccc1. The molecule has 0 saturated heterocycles. The van der Waals surface area contributed by atoms with Gasteiger partial charge in [-0.2, -0.15) is 0 Å². The molecule has 0 aliphatic heterocycles. The number of amides is 1. The first-order valence-corrected chi connectivity index (χ1v) is 5.86. The van der Waals surface area contributed by atoms with Crippen LogP contribution in [-0.2, 0) is 4.74 Å². The van der Waals surface area contributed by atoms with Crippen molar-refractivity contribution < 1.29 is 9.53 Å². The van der Waals surface area contributed by atoms with Crippen molar-refractivity contribution in [3.8, 4) is 0 Å². The molecule has 0 heterocycles. The van der Waals surface area contributed by atoms with Gasteiger partial charge in [0, 0.05) is 18.5 Å². The van der Waals surface area contributed by atoms with Crippen molar-refractivity contribution >= 4 is 6.09 Å². The Labute approximate surface area is 101 Å². The van der Waals surface area contributed by atoms with Crippen LogP contribution in [0.5, 0.6) is 0 Å². The Hall–Kier alpha value is -1.55. The highest BCUT2D eigenvalue weighted by molar-refractivity contribution is 5.64. The molecule has 1 fully saturated rings. The lowest BCUT2D eigenvalue weighted by atomic mass is 10.1. The average Bonchev–Trinajstić information content (AvgIpc) is 3.09. The van der Waals surface area contributed by atoms with Gasteiger partial charge in [-0.3, -0.25) is 4.90 Å². The third-order valence-corrected chi connectivity index (χ3v) is 3.24. The summed E-state index contributed by atoms with van der Waals surface area (Å²) in [6.45, 7) is 1.10. The Morgan fingerprint density at radius 1 is 1.47 bits per heavy atom. The number of carbonyl (C=O) groups excluding carboxylic acids is 1. The van der Waals surface area contributed by atoms with Crippen LogP contribution in [0, 0.1) is 0 Å². The monoisotopic (exact) mass is 234 g/mol. The molecule has 1 aliphatic carbocycles. The minimum Gasteiger partial charge on any atom is -0.448 e. The van der Waals surface area contributed by atoms with Gasteiger partial charge in [-0.1, -0.05) is 30.3 Å². The summed E-state index contributed by atoms with van der Waals surface area (Å²) in [5.74, 6) is 0.620. The van der Waals surface area contributed by atoms with Gasteiger partial charge in [0.05, 0.1) is 0 Å². The zero-order valence-electron chi connectivity index (χ0n) is 10.0. The molecular formula is C13H18N2O2. The van der Waals surface area contributed by atoms with Crippen LogP contribution in [0.3, 0.4) is 0 Å². The molecular weight excluding hydrogens is 216 g/mol. The minimum atomic E-state index is -0.700. The Bertz CT molecular complexity index is 380. The maximum absolute atomic E-state index is 10.4. The van der Waals surface area contributed by atoms with Gasteiger partial charge in [-0.25, -0.2) is 4.79 Å². The first kappa shape index (κ1) is 11.9. The van der Waals surface area contributed by atoms with E-state index in [1.54, 1.807) is 0 Å². The third-order valence-electron chi connectivity index (χ3n) is 3.24. The van der Waals surface area contributed by atoms with E-state index in [-0.39, 0.29) is 0 Å². The van der Waals surface area contributed by atoms with E-state index >= 15 is 0 Å².